The van der Waals surface area contributed by atoms with Crippen LogP contribution in [-0.2, 0) is 10.2 Å². The lowest BCUT2D eigenvalue weighted by atomic mass is 9.84. The molecule has 0 saturated carbocycles. The van der Waals surface area contributed by atoms with Gasteiger partial charge in [-0.3, -0.25) is 9.59 Å². The number of alkyl halides is 2. The molecule has 2 aromatic carbocycles. The van der Waals surface area contributed by atoms with Gasteiger partial charge in [0.05, 0.1) is 13.7 Å². The van der Waals surface area contributed by atoms with Crippen molar-refractivity contribution in [3.05, 3.63) is 58.6 Å². The summed E-state index contributed by atoms with van der Waals surface area (Å²) >= 11 is 6.02. The van der Waals surface area contributed by atoms with Crippen molar-refractivity contribution in [2.24, 2.45) is 0 Å². The zero-order chi connectivity index (χ0) is 22.3. The molecular weight excluding hydrogens is 418 g/mol. The molecule has 0 spiro atoms. The Morgan fingerprint density at radius 3 is 2.47 bits per heavy atom. The van der Waals surface area contributed by atoms with Crippen LogP contribution in [0, 0.1) is 0 Å². The third kappa shape index (κ3) is 6.59. The molecule has 2 aromatic rings. The molecule has 30 heavy (non-hydrogen) atoms. The minimum Gasteiger partial charge on any atom is -0.493 e. The molecule has 2 N–H and O–H groups in total. The Hall–Kier alpha value is -2.87. The summed E-state index contributed by atoms with van der Waals surface area (Å²) in [6.45, 7) is 1.01. The molecule has 6 nitrogen and oxygen atoms in total. The van der Waals surface area contributed by atoms with Crippen LogP contribution in [0.5, 0.6) is 11.5 Å². The van der Waals surface area contributed by atoms with Crippen molar-refractivity contribution in [3.63, 3.8) is 0 Å². The van der Waals surface area contributed by atoms with E-state index in [1.807, 2.05) is 32.0 Å². The van der Waals surface area contributed by atoms with E-state index in [1.165, 1.54) is 25.3 Å². The highest BCUT2D eigenvalue weighted by atomic mass is 35.5. The van der Waals surface area contributed by atoms with E-state index in [9.17, 15) is 18.4 Å². The minimum absolute atomic E-state index is 0.0179. The number of carbonyl (C=O) groups excluding carboxylic acids is 2. The summed E-state index contributed by atoms with van der Waals surface area (Å²) in [6, 6.07) is 11.1. The Labute approximate surface area is 178 Å². The van der Waals surface area contributed by atoms with Gasteiger partial charge in [-0.15, -0.1) is 0 Å². The number of benzene rings is 2. The highest BCUT2D eigenvalue weighted by Gasteiger charge is 2.22. The van der Waals surface area contributed by atoms with E-state index < -0.39 is 12.5 Å². The van der Waals surface area contributed by atoms with Crippen molar-refractivity contribution in [1.82, 2.24) is 10.6 Å². The molecule has 2 rings (SSSR count). The highest BCUT2D eigenvalue weighted by molar-refractivity contribution is 6.30. The van der Waals surface area contributed by atoms with Gasteiger partial charge in [-0.2, -0.15) is 8.78 Å². The van der Waals surface area contributed by atoms with Gasteiger partial charge < -0.3 is 20.1 Å². The Kier molecular flexibility index (Phi) is 8.00. The van der Waals surface area contributed by atoms with Gasteiger partial charge >= 0.3 is 6.61 Å². The van der Waals surface area contributed by atoms with Crippen LogP contribution in [0.25, 0.3) is 0 Å². The first-order valence-corrected chi connectivity index (χ1v) is 9.44. The molecule has 0 bridgehead atoms. The number of amides is 2. The Bertz CT molecular complexity index is 906. The SMILES string of the molecule is COc1cc(C(=O)NCC(=O)NCC(C)(C)c2cccc(Cl)c2)ccc1OC(F)F. The summed E-state index contributed by atoms with van der Waals surface area (Å²) in [5.74, 6) is -1.13. The lowest BCUT2D eigenvalue weighted by Crippen LogP contribution is -2.42. The van der Waals surface area contributed by atoms with E-state index in [1.54, 1.807) is 6.07 Å². The van der Waals surface area contributed by atoms with Gasteiger partial charge in [-0.05, 0) is 35.9 Å². The topological polar surface area (TPSA) is 76.7 Å². The standard InChI is InChI=1S/C21H23ClF2N2O4/c1-21(2,14-5-4-6-15(22)10-14)12-26-18(27)11-25-19(28)13-7-8-16(30-20(23)24)17(9-13)29-3/h4-10,20H,11-12H2,1-3H3,(H,25,28)(H,26,27). The van der Waals surface area contributed by atoms with Crippen molar-refractivity contribution in [2.75, 3.05) is 20.2 Å². The lowest BCUT2D eigenvalue weighted by Gasteiger charge is -2.26. The van der Waals surface area contributed by atoms with Gasteiger partial charge in [0.25, 0.3) is 5.91 Å². The molecule has 0 atom stereocenters. The van der Waals surface area contributed by atoms with Gasteiger partial charge in [0.1, 0.15) is 0 Å². The second-order valence-corrected chi connectivity index (χ2v) is 7.53. The summed E-state index contributed by atoms with van der Waals surface area (Å²) in [6.07, 6.45) is 0. The van der Waals surface area contributed by atoms with Crippen molar-refractivity contribution in [2.45, 2.75) is 25.9 Å². The predicted octanol–water partition coefficient (Wildman–Crippen LogP) is 3.77. The summed E-state index contributed by atoms with van der Waals surface area (Å²) in [5, 5.41) is 5.87. The molecule has 0 aliphatic carbocycles. The van der Waals surface area contributed by atoms with Crippen molar-refractivity contribution in [3.8, 4) is 11.5 Å². The van der Waals surface area contributed by atoms with E-state index in [-0.39, 0.29) is 34.9 Å². The van der Waals surface area contributed by atoms with E-state index in [4.69, 9.17) is 16.3 Å². The van der Waals surface area contributed by atoms with Crippen LogP contribution in [0.1, 0.15) is 29.8 Å². The molecule has 0 unspecified atom stereocenters. The average Bonchev–Trinajstić information content (AvgIpc) is 2.70. The monoisotopic (exact) mass is 440 g/mol. The third-order valence-corrected chi connectivity index (χ3v) is 4.62. The molecule has 2 amide bonds. The summed E-state index contributed by atoms with van der Waals surface area (Å²) in [7, 11) is 1.27. The van der Waals surface area contributed by atoms with E-state index in [0.29, 0.717) is 11.6 Å². The molecule has 0 heterocycles. The first kappa shape index (κ1) is 23.4. The number of rotatable bonds is 9. The predicted molar refractivity (Wildman–Crippen MR) is 109 cm³/mol. The minimum atomic E-state index is -3.02. The Balaban J connectivity index is 1.90. The first-order chi connectivity index (χ1) is 14.1. The fraction of sp³-hybridized carbons (Fsp3) is 0.333. The third-order valence-electron chi connectivity index (χ3n) is 4.38. The maximum atomic E-state index is 12.4. The van der Waals surface area contributed by atoms with Crippen LogP contribution in [0.2, 0.25) is 5.02 Å². The van der Waals surface area contributed by atoms with Gasteiger partial charge in [0, 0.05) is 22.5 Å². The number of halogens is 3. The van der Waals surface area contributed by atoms with Crippen molar-refractivity contribution >= 4 is 23.4 Å². The maximum Gasteiger partial charge on any atom is 0.387 e. The van der Waals surface area contributed by atoms with E-state index in [0.717, 1.165) is 5.56 Å². The van der Waals surface area contributed by atoms with Gasteiger partial charge in [-0.25, -0.2) is 0 Å². The van der Waals surface area contributed by atoms with Crippen molar-refractivity contribution in [1.29, 1.82) is 0 Å². The largest absolute Gasteiger partial charge is 0.493 e. The normalized spacial score (nSPS) is 11.2. The van der Waals surface area contributed by atoms with Crippen LogP contribution in [0.3, 0.4) is 0 Å². The molecule has 0 aromatic heterocycles. The number of nitrogens with one attached hydrogen (secondary N) is 2. The zero-order valence-electron chi connectivity index (χ0n) is 16.8. The smallest absolute Gasteiger partial charge is 0.387 e. The molecular formula is C21H23ClF2N2O4. The van der Waals surface area contributed by atoms with Crippen LogP contribution >= 0.6 is 11.6 Å². The molecule has 0 aliphatic rings. The number of hydrogen-bond acceptors (Lipinski definition) is 4. The van der Waals surface area contributed by atoms with Crippen LogP contribution in [0.4, 0.5) is 8.78 Å². The Morgan fingerprint density at radius 2 is 1.83 bits per heavy atom. The molecule has 0 fully saturated rings. The average molecular weight is 441 g/mol. The van der Waals surface area contributed by atoms with Gasteiger partial charge in [0.15, 0.2) is 11.5 Å². The maximum absolute atomic E-state index is 12.4. The molecule has 162 valence electrons. The summed E-state index contributed by atoms with van der Waals surface area (Å²) in [5.41, 5.74) is 0.747. The Morgan fingerprint density at radius 1 is 1.10 bits per heavy atom. The lowest BCUT2D eigenvalue weighted by molar-refractivity contribution is -0.120. The van der Waals surface area contributed by atoms with Crippen molar-refractivity contribution < 1.29 is 27.8 Å². The first-order valence-electron chi connectivity index (χ1n) is 9.06. The number of carbonyl (C=O) groups is 2. The summed E-state index contributed by atoms with van der Waals surface area (Å²) < 4.78 is 34.0. The number of methoxy groups -OCH3 is 1. The van der Waals surface area contributed by atoms with Crippen LogP contribution < -0.4 is 20.1 Å². The quantitative estimate of drug-likeness (QED) is 0.622. The molecule has 0 saturated heterocycles. The summed E-state index contributed by atoms with van der Waals surface area (Å²) in [4.78, 5) is 24.4. The molecule has 9 heteroatoms. The van der Waals surface area contributed by atoms with E-state index in [2.05, 4.69) is 15.4 Å². The zero-order valence-corrected chi connectivity index (χ0v) is 17.6. The fourth-order valence-electron chi connectivity index (χ4n) is 2.66. The second-order valence-electron chi connectivity index (χ2n) is 7.10. The van der Waals surface area contributed by atoms with Gasteiger partial charge in [-0.1, -0.05) is 37.6 Å². The van der Waals surface area contributed by atoms with Crippen LogP contribution in [0.15, 0.2) is 42.5 Å². The van der Waals surface area contributed by atoms with E-state index >= 15 is 0 Å². The number of ether oxygens (including phenoxy) is 2. The fourth-order valence-corrected chi connectivity index (χ4v) is 2.85. The highest BCUT2D eigenvalue weighted by Crippen LogP contribution is 2.29. The van der Waals surface area contributed by atoms with Crippen LogP contribution in [-0.4, -0.2) is 38.6 Å². The second kappa shape index (κ2) is 10.2. The molecule has 0 radical (unpaired) electrons. The van der Waals surface area contributed by atoms with Gasteiger partial charge in [0.2, 0.25) is 5.91 Å². The number of hydrogen-bond donors (Lipinski definition) is 2. The molecule has 0 aliphatic heterocycles.